The van der Waals surface area contributed by atoms with Gasteiger partial charge in [0, 0.05) is 19.3 Å². The van der Waals surface area contributed by atoms with Crippen LogP contribution < -0.4 is 20.7 Å². The predicted octanol–water partition coefficient (Wildman–Crippen LogP) is 3.58. The molecule has 0 saturated carbocycles. The van der Waals surface area contributed by atoms with Gasteiger partial charge in [0.1, 0.15) is 12.4 Å². The number of aryl methyl sites for hydroxylation is 1. The molecule has 0 fully saturated rings. The third-order valence-corrected chi connectivity index (χ3v) is 4.30. The molecule has 30 heavy (non-hydrogen) atoms. The maximum Gasteiger partial charge on any atom is 0.291 e. The van der Waals surface area contributed by atoms with Crippen molar-refractivity contribution in [2.45, 2.75) is 13.5 Å². The molecule has 0 aliphatic rings. The average molecular weight is 406 g/mol. The fourth-order valence-electron chi connectivity index (χ4n) is 2.74. The number of carbonyl (C=O) groups is 1. The van der Waals surface area contributed by atoms with Gasteiger partial charge in [0.2, 0.25) is 0 Å². The standard InChI is InChI=1S/C23H26N4O3/c1-17-8-10-20(11-9-17)29-14-12-25-23(24-2)26-16-18-5-3-6-19(15-18)27-22(28)21-7-4-13-30-21/h3-11,13,15H,12,14,16H2,1-2H3,(H,27,28)(H2,24,25,26). The quantitative estimate of drug-likeness (QED) is 0.302. The number of aliphatic imine (C=N–C) groups is 1. The van der Waals surface area contributed by atoms with E-state index in [0.29, 0.717) is 31.3 Å². The number of ether oxygens (including phenoxy) is 1. The summed E-state index contributed by atoms with van der Waals surface area (Å²) in [5.74, 6) is 1.51. The predicted molar refractivity (Wildman–Crippen MR) is 118 cm³/mol. The lowest BCUT2D eigenvalue weighted by molar-refractivity contribution is 0.0996. The van der Waals surface area contributed by atoms with Crippen LogP contribution >= 0.6 is 0 Å². The van der Waals surface area contributed by atoms with Crippen LogP contribution in [0.2, 0.25) is 0 Å². The Kier molecular flexibility index (Phi) is 7.49. The number of carbonyl (C=O) groups excluding carboxylic acids is 1. The van der Waals surface area contributed by atoms with Crippen LogP contribution in [0.4, 0.5) is 5.69 Å². The van der Waals surface area contributed by atoms with Crippen molar-refractivity contribution in [3.05, 3.63) is 83.8 Å². The first-order valence-electron chi connectivity index (χ1n) is 9.72. The molecule has 0 unspecified atom stereocenters. The number of rotatable bonds is 8. The monoisotopic (exact) mass is 406 g/mol. The van der Waals surface area contributed by atoms with Crippen molar-refractivity contribution in [1.29, 1.82) is 0 Å². The van der Waals surface area contributed by atoms with Crippen molar-refractivity contribution < 1.29 is 13.9 Å². The molecule has 0 bridgehead atoms. The summed E-state index contributed by atoms with van der Waals surface area (Å²) in [7, 11) is 1.72. The van der Waals surface area contributed by atoms with Gasteiger partial charge in [0.25, 0.3) is 5.91 Å². The van der Waals surface area contributed by atoms with E-state index in [1.807, 2.05) is 55.5 Å². The highest BCUT2D eigenvalue weighted by Gasteiger charge is 2.09. The number of hydrogen-bond donors (Lipinski definition) is 3. The summed E-state index contributed by atoms with van der Waals surface area (Å²) in [6.07, 6.45) is 1.47. The summed E-state index contributed by atoms with van der Waals surface area (Å²) >= 11 is 0. The number of nitrogens with zero attached hydrogens (tertiary/aromatic N) is 1. The molecule has 0 spiro atoms. The zero-order valence-electron chi connectivity index (χ0n) is 17.1. The Labute approximate surface area is 176 Å². The molecule has 156 valence electrons. The van der Waals surface area contributed by atoms with Crippen LogP contribution in [-0.4, -0.2) is 32.1 Å². The molecule has 2 aromatic carbocycles. The lowest BCUT2D eigenvalue weighted by atomic mass is 10.2. The fourth-order valence-corrected chi connectivity index (χ4v) is 2.74. The number of furan rings is 1. The summed E-state index contributed by atoms with van der Waals surface area (Å²) < 4.78 is 10.8. The Morgan fingerprint density at radius 3 is 2.63 bits per heavy atom. The molecular weight excluding hydrogens is 380 g/mol. The summed E-state index contributed by atoms with van der Waals surface area (Å²) in [6.45, 7) is 3.75. The lowest BCUT2D eigenvalue weighted by Gasteiger charge is -2.13. The molecule has 0 saturated heterocycles. The topological polar surface area (TPSA) is 87.9 Å². The molecule has 1 amide bonds. The van der Waals surface area contributed by atoms with Crippen molar-refractivity contribution in [2.24, 2.45) is 4.99 Å². The second kappa shape index (κ2) is 10.7. The van der Waals surface area contributed by atoms with Crippen LogP contribution in [0.1, 0.15) is 21.7 Å². The van der Waals surface area contributed by atoms with E-state index < -0.39 is 0 Å². The molecule has 1 aromatic heterocycles. The normalized spacial score (nSPS) is 11.1. The van der Waals surface area contributed by atoms with Gasteiger partial charge in [0.05, 0.1) is 12.8 Å². The smallest absolute Gasteiger partial charge is 0.291 e. The number of benzene rings is 2. The Morgan fingerprint density at radius 2 is 1.90 bits per heavy atom. The zero-order valence-corrected chi connectivity index (χ0v) is 17.1. The highest BCUT2D eigenvalue weighted by Crippen LogP contribution is 2.13. The van der Waals surface area contributed by atoms with Crippen molar-refractivity contribution in [1.82, 2.24) is 10.6 Å². The van der Waals surface area contributed by atoms with Crippen LogP contribution in [-0.2, 0) is 6.54 Å². The highest BCUT2D eigenvalue weighted by molar-refractivity contribution is 6.02. The maximum absolute atomic E-state index is 12.1. The molecule has 3 N–H and O–H groups in total. The Balaban J connectivity index is 1.43. The minimum Gasteiger partial charge on any atom is -0.492 e. The Hall–Kier alpha value is -3.74. The van der Waals surface area contributed by atoms with Crippen molar-refractivity contribution in [3.8, 4) is 5.75 Å². The number of anilines is 1. The van der Waals surface area contributed by atoms with Gasteiger partial charge in [-0.15, -0.1) is 0 Å². The van der Waals surface area contributed by atoms with E-state index in [1.54, 1.807) is 19.2 Å². The van der Waals surface area contributed by atoms with Gasteiger partial charge in [0.15, 0.2) is 11.7 Å². The highest BCUT2D eigenvalue weighted by atomic mass is 16.5. The zero-order chi connectivity index (χ0) is 21.2. The minimum atomic E-state index is -0.281. The second-order valence-electron chi connectivity index (χ2n) is 6.65. The van der Waals surface area contributed by atoms with Crippen LogP contribution in [0.5, 0.6) is 5.75 Å². The van der Waals surface area contributed by atoms with Crippen LogP contribution in [0, 0.1) is 6.92 Å². The van der Waals surface area contributed by atoms with Gasteiger partial charge < -0.3 is 25.1 Å². The van der Waals surface area contributed by atoms with Gasteiger partial charge in [-0.3, -0.25) is 9.79 Å². The van der Waals surface area contributed by atoms with Gasteiger partial charge >= 0.3 is 0 Å². The van der Waals surface area contributed by atoms with E-state index in [9.17, 15) is 4.79 Å². The molecule has 0 atom stereocenters. The number of amides is 1. The Morgan fingerprint density at radius 1 is 1.07 bits per heavy atom. The molecule has 7 nitrogen and oxygen atoms in total. The summed E-state index contributed by atoms with van der Waals surface area (Å²) in [6, 6.07) is 18.9. The summed E-state index contributed by atoms with van der Waals surface area (Å²) in [5.41, 5.74) is 2.91. The van der Waals surface area contributed by atoms with Crippen molar-refractivity contribution in [3.63, 3.8) is 0 Å². The van der Waals surface area contributed by atoms with E-state index in [1.165, 1.54) is 11.8 Å². The largest absolute Gasteiger partial charge is 0.492 e. The van der Waals surface area contributed by atoms with Crippen LogP contribution in [0.25, 0.3) is 0 Å². The lowest BCUT2D eigenvalue weighted by Crippen LogP contribution is -2.38. The first-order valence-corrected chi connectivity index (χ1v) is 9.72. The number of guanidine groups is 1. The molecule has 3 rings (SSSR count). The molecule has 0 aliphatic carbocycles. The first kappa shape index (κ1) is 21.0. The van der Waals surface area contributed by atoms with Crippen LogP contribution in [0.3, 0.4) is 0 Å². The summed E-state index contributed by atoms with van der Waals surface area (Å²) in [5, 5.41) is 9.29. The number of nitrogens with one attached hydrogen (secondary N) is 3. The van der Waals surface area contributed by atoms with Crippen molar-refractivity contribution >= 4 is 17.6 Å². The van der Waals surface area contributed by atoms with E-state index in [2.05, 4.69) is 20.9 Å². The van der Waals surface area contributed by atoms with Gasteiger partial charge in [-0.1, -0.05) is 29.8 Å². The van der Waals surface area contributed by atoms with E-state index in [-0.39, 0.29) is 11.7 Å². The number of hydrogen-bond acceptors (Lipinski definition) is 4. The molecular formula is C23H26N4O3. The van der Waals surface area contributed by atoms with E-state index in [0.717, 1.165) is 11.3 Å². The van der Waals surface area contributed by atoms with Gasteiger partial charge in [-0.2, -0.15) is 0 Å². The molecule has 7 heteroatoms. The fraction of sp³-hybridized carbons (Fsp3) is 0.217. The maximum atomic E-state index is 12.1. The van der Waals surface area contributed by atoms with Crippen LogP contribution in [0.15, 0.2) is 76.3 Å². The van der Waals surface area contributed by atoms with Crippen molar-refractivity contribution in [2.75, 3.05) is 25.5 Å². The Bertz CT molecular complexity index is 966. The summed E-state index contributed by atoms with van der Waals surface area (Å²) in [4.78, 5) is 16.3. The molecule has 3 aromatic rings. The van der Waals surface area contributed by atoms with Gasteiger partial charge in [-0.05, 0) is 48.9 Å². The average Bonchev–Trinajstić information content (AvgIpc) is 3.30. The third kappa shape index (κ3) is 6.41. The third-order valence-electron chi connectivity index (χ3n) is 4.30. The van der Waals surface area contributed by atoms with E-state index >= 15 is 0 Å². The molecule has 1 heterocycles. The van der Waals surface area contributed by atoms with Gasteiger partial charge in [-0.25, -0.2) is 0 Å². The first-order chi connectivity index (χ1) is 14.6. The molecule has 0 radical (unpaired) electrons. The minimum absolute atomic E-state index is 0.274. The molecule has 0 aliphatic heterocycles. The second-order valence-corrected chi connectivity index (χ2v) is 6.65. The SMILES string of the molecule is CN=C(NCCOc1ccc(C)cc1)NCc1cccc(NC(=O)c2ccco2)c1. The van der Waals surface area contributed by atoms with E-state index in [4.69, 9.17) is 9.15 Å².